The lowest BCUT2D eigenvalue weighted by atomic mass is 10.2. The number of nitrogens with one attached hydrogen (secondary N) is 1. The van der Waals surface area contributed by atoms with Gasteiger partial charge in [-0.2, -0.15) is 5.26 Å². The molecule has 1 amide bonds. The largest absolute Gasteiger partial charge is 0.481 e. The predicted octanol–water partition coefficient (Wildman–Crippen LogP) is 1.91. The van der Waals surface area contributed by atoms with Gasteiger partial charge in [0.05, 0.1) is 5.56 Å². The van der Waals surface area contributed by atoms with Gasteiger partial charge in [0.15, 0.2) is 24.2 Å². The molecule has 2 aromatic rings. The van der Waals surface area contributed by atoms with Crippen molar-refractivity contribution in [2.45, 2.75) is 19.6 Å². The van der Waals surface area contributed by atoms with Gasteiger partial charge in [0, 0.05) is 6.54 Å². The first-order valence-electron chi connectivity index (χ1n) is 8.54. The number of rotatable bonds is 7. The lowest BCUT2D eigenvalue weighted by Gasteiger charge is -2.14. The maximum Gasteiger partial charge on any atom is 0.344 e. The van der Waals surface area contributed by atoms with Gasteiger partial charge in [-0.15, -0.1) is 0 Å². The molecule has 1 N–H and O–H groups in total. The molecule has 8 heteroatoms. The number of hydrogen-bond donors (Lipinski definition) is 1. The molecule has 0 bridgehead atoms. The third kappa shape index (κ3) is 4.71. The second-order valence-electron chi connectivity index (χ2n) is 5.93. The standard InChI is InChI=1S/C20H18N2O6/c1-13(28-19(23)11-25-16-5-3-2-4-15(16)9-21)20(24)22-10-14-6-7-17-18(8-14)27-12-26-17/h2-8,13H,10-12H2,1H3,(H,22,24)/t13-/m1/s1. The van der Waals surface area contributed by atoms with Gasteiger partial charge in [-0.05, 0) is 36.8 Å². The van der Waals surface area contributed by atoms with E-state index in [0.717, 1.165) is 5.56 Å². The molecule has 144 valence electrons. The second-order valence-corrected chi connectivity index (χ2v) is 5.93. The molecule has 1 aliphatic heterocycles. The first-order chi connectivity index (χ1) is 13.6. The number of carbonyl (C=O) groups excluding carboxylic acids is 2. The highest BCUT2D eigenvalue weighted by Gasteiger charge is 2.19. The van der Waals surface area contributed by atoms with Crippen molar-refractivity contribution in [2.24, 2.45) is 0 Å². The van der Waals surface area contributed by atoms with Crippen LogP contribution in [-0.4, -0.2) is 31.4 Å². The van der Waals surface area contributed by atoms with Crippen LogP contribution >= 0.6 is 0 Å². The summed E-state index contributed by atoms with van der Waals surface area (Å²) in [6, 6.07) is 13.9. The lowest BCUT2D eigenvalue weighted by molar-refractivity contribution is -0.156. The summed E-state index contributed by atoms with van der Waals surface area (Å²) in [6.07, 6.45) is -0.990. The average Bonchev–Trinajstić information content (AvgIpc) is 3.18. The monoisotopic (exact) mass is 382 g/mol. The molecular formula is C20H18N2O6. The highest BCUT2D eigenvalue weighted by atomic mass is 16.7. The first-order valence-corrected chi connectivity index (χ1v) is 8.54. The molecule has 0 aromatic heterocycles. The summed E-state index contributed by atoms with van der Waals surface area (Å²) < 4.78 is 20.9. The number of para-hydroxylation sites is 1. The number of nitrogens with zero attached hydrogens (tertiary/aromatic N) is 1. The highest BCUT2D eigenvalue weighted by Crippen LogP contribution is 2.32. The van der Waals surface area contributed by atoms with Crippen LogP contribution in [0.25, 0.3) is 0 Å². The van der Waals surface area contributed by atoms with Crippen LogP contribution in [-0.2, 0) is 20.9 Å². The van der Waals surface area contributed by atoms with Crippen LogP contribution in [0.15, 0.2) is 42.5 Å². The summed E-state index contributed by atoms with van der Waals surface area (Å²) in [6.45, 7) is 1.50. The van der Waals surface area contributed by atoms with E-state index >= 15 is 0 Å². The van der Waals surface area contributed by atoms with Gasteiger partial charge in [0.1, 0.15) is 11.8 Å². The maximum absolute atomic E-state index is 12.1. The Hall–Kier alpha value is -3.73. The Balaban J connectivity index is 1.44. The Kier molecular flexibility index (Phi) is 5.97. The molecule has 0 radical (unpaired) electrons. The molecule has 0 saturated heterocycles. The van der Waals surface area contributed by atoms with Crippen LogP contribution in [0.1, 0.15) is 18.1 Å². The van der Waals surface area contributed by atoms with Gasteiger partial charge in [-0.1, -0.05) is 18.2 Å². The van der Waals surface area contributed by atoms with E-state index in [-0.39, 0.29) is 19.1 Å². The quantitative estimate of drug-likeness (QED) is 0.729. The zero-order valence-electron chi connectivity index (χ0n) is 15.1. The molecule has 1 aliphatic rings. The molecule has 28 heavy (non-hydrogen) atoms. The number of nitriles is 1. The summed E-state index contributed by atoms with van der Waals surface area (Å²) in [5, 5.41) is 11.7. The molecule has 8 nitrogen and oxygen atoms in total. The van der Waals surface area contributed by atoms with Gasteiger partial charge in [0.2, 0.25) is 6.79 Å². The fraction of sp³-hybridized carbons (Fsp3) is 0.250. The van der Waals surface area contributed by atoms with E-state index in [2.05, 4.69) is 5.32 Å². The van der Waals surface area contributed by atoms with Gasteiger partial charge in [0.25, 0.3) is 5.91 Å². The zero-order valence-corrected chi connectivity index (χ0v) is 15.1. The van der Waals surface area contributed by atoms with Crippen molar-refractivity contribution < 1.29 is 28.5 Å². The van der Waals surface area contributed by atoms with Crippen LogP contribution < -0.4 is 19.5 Å². The van der Waals surface area contributed by atoms with E-state index in [1.807, 2.05) is 12.1 Å². The number of hydrogen-bond acceptors (Lipinski definition) is 7. The Morgan fingerprint density at radius 3 is 2.82 bits per heavy atom. The smallest absolute Gasteiger partial charge is 0.344 e. The topological polar surface area (TPSA) is 107 Å². The number of esters is 1. The van der Waals surface area contributed by atoms with Crippen molar-refractivity contribution in [1.82, 2.24) is 5.32 Å². The van der Waals surface area contributed by atoms with E-state index in [9.17, 15) is 9.59 Å². The molecule has 0 aliphatic carbocycles. The molecule has 3 rings (SSSR count). The fourth-order valence-electron chi connectivity index (χ4n) is 2.49. The highest BCUT2D eigenvalue weighted by molar-refractivity contribution is 5.83. The molecule has 0 spiro atoms. The minimum atomic E-state index is -0.990. The van der Waals surface area contributed by atoms with Crippen molar-refractivity contribution in [2.75, 3.05) is 13.4 Å². The number of benzene rings is 2. The van der Waals surface area contributed by atoms with Gasteiger partial charge in [-0.3, -0.25) is 4.79 Å². The van der Waals surface area contributed by atoms with Crippen LogP contribution in [0, 0.1) is 11.3 Å². The fourth-order valence-corrected chi connectivity index (χ4v) is 2.49. The minimum absolute atomic E-state index is 0.180. The Morgan fingerprint density at radius 2 is 2.00 bits per heavy atom. The molecule has 1 heterocycles. The van der Waals surface area contributed by atoms with Crippen molar-refractivity contribution in [3.8, 4) is 23.3 Å². The van der Waals surface area contributed by atoms with Crippen LogP contribution in [0.2, 0.25) is 0 Å². The van der Waals surface area contributed by atoms with Gasteiger partial charge < -0.3 is 24.3 Å². The normalized spacial score (nSPS) is 12.6. The minimum Gasteiger partial charge on any atom is -0.481 e. The summed E-state index contributed by atoms with van der Waals surface area (Å²) in [7, 11) is 0. The van der Waals surface area contributed by atoms with Crippen molar-refractivity contribution in [3.05, 3.63) is 53.6 Å². The van der Waals surface area contributed by atoms with Crippen molar-refractivity contribution >= 4 is 11.9 Å². The summed E-state index contributed by atoms with van der Waals surface area (Å²) in [5.41, 5.74) is 1.14. The van der Waals surface area contributed by atoms with E-state index in [1.54, 1.807) is 36.4 Å². The third-order valence-corrected chi connectivity index (χ3v) is 3.93. The SMILES string of the molecule is C[C@@H](OC(=O)COc1ccccc1C#N)C(=O)NCc1ccc2c(c1)OCO2. The first kappa shape index (κ1) is 19.0. The lowest BCUT2D eigenvalue weighted by Crippen LogP contribution is -2.36. The predicted molar refractivity (Wildman–Crippen MR) is 96.6 cm³/mol. The summed E-state index contributed by atoms with van der Waals surface area (Å²) in [5.74, 6) is 0.417. The van der Waals surface area contributed by atoms with Gasteiger partial charge in [-0.25, -0.2) is 4.79 Å². The molecule has 1 atom stereocenters. The van der Waals surface area contributed by atoms with Crippen molar-refractivity contribution in [1.29, 1.82) is 5.26 Å². The third-order valence-electron chi connectivity index (χ3n) is 3.93. The van der Waals surface area contributed by atoms with Crippen LogP contribution in [0.4, 0.5) is 0 Å². The van der Waals surface area contributed by atoms with Gasteiger partial charge >= 0.3 is 5.97 Å². The zero-order chi connectivity index (χ0) is 19.9. The Morgan fingerprint density at radius 1 is 1.21 bits per heavy atom. The summed E-state index contributed by atoms with van der Waals surface area (Å²) in [4.78, 5) is 24.0. The Bertz CT molecular complexity index is 921. The molecule has 0 fully saturated rings. The number of amides is 1. The molecule has 2 aromatic carbocycles. The molecule has 0 saturated carbocycles. The summed E-state index contributed by atoms with van der Waals surface area (Å²) >= 11 is 0. The van der Waals surface area contributed by atoms with E-state index in [1.165, 1.54) is 6.92 Å². The van der Waals surface area contributed by atoms with Crippen LogP contribution in [0.5, 0.6) is 17.2 Å². The maximum atomic E-state index is 12.1. The molecule has 0 unspecified atom stereocenters. The second kappa shape index (κ2) is 8.77. The van der Waals surface area contributed by atoms with Crippen molar-refractivity contribution in [3.63, 3.8) is 0 Å². The number of fused-ring (bicyclic) bond motifs is 1. The number of ether oxygens (including phenoxy) is 4. The van der Waals surface area contributed by atoms with E-state index in [0.29, 0.717) is 17.1 Å². The number of carbonyl (C=O) groups is 2. The Labute approximate surface area is 161 Å². The van der Waals surface area contributed by atoms with Crippen LogP contribution in [0.3, 0.4) is 0 Å². The molecular weight excluding hydrogens is 364 g/mol. The van der Waals surface area contributed by atoms with E-state index < -0.39 is 24.6 Å². The van der Waals surface area contributed by atoms with E-state index in [4.69, 9.17) is 24.2 Å². The average molecular weight is 382 g/mol.